The average Bonchev–Trinajstić information content (AvgIpc) is 3.51. The molecule has 3 amide bonds. The predicted molar refractivity (Wildman–Crippen MR) is 131 cm³/mol. The Balaban J connectivity index is 1.50. The van der Waals surface area contributed by atoms with Gasteiger partial charge in [0.05, 0.1) is 30.6 Å². The van der Waals surface area contributed by atoms with Crippen LogP contribution in [0.3, 0.4) is 0 Å². The smallest absolute Gasteiger partial charge is 0.250 e. The lowest BCUT2D eigenvalue weighted by Crippen LogP contribution is -2.56. The van der Waals surface area contributed by atoms with E-state index in [0.717, 1.165) is 17.2 Å². The summed E-state index contributed by atoms with van der Waals surface area (Å²) in [6.07, 6.45) is 2.05. The largest absolute Gasteiger partial charge is 0.394 e. The second-order valence-corrected chi connectivity index (χ2v) is 9.89. The van der Waals surface area contributed by atoms with Crippen LogP contribution in [0.25, 0.3) is 10.8 Å². The molecule has 3 saturated heterocycles. The number of benzene rings is 2. The zero-order valence-corrected chi connectivity index (χ0v) is 20.2. The molecule has 35 heavy (non-hydrogen) atoms. The molecule has 3 aliphatic rings. The summed E-state index contributed by atoms with van der Waals surface area (Å²) in [7, 11) is 0. The zero-order valence-electron chi connectivity index (χ0n) is 20.2. The highest BCUT2D eigenvalue weighted by Gasteiger charge is 2.74. The monoisotopic (exact) mass is 479 g/mol. The molecule has 2 aromatic rings. The fourth-order valence-corrected chi connectivity index (χ4v) is 6.34. The van der Waals surface area contributed by atoms with Gasteiger partial charge in [0.15, 0.2) is 0 Å². The second-order valence-electron chi connectivity index (χ2n) is 9.89. The molecule has 186 valence electrons. The van der Waals surface area contributed by atoms with Crippen LogP contribution in [0.4, 0.5) is 5.69 Å². The molecule has 3 heterocycles. The van der Waals surface area contributed by atoms with Gasteiger partial charge in [0, 0.05) is 12.2 Å². The molecule has 3 fully saturated rings. The third kappa shape index (κ3) is 3.70. The van der Waals surface area contributed by atoms with Crippen LogP contribution < -0.4 is 10.6 Å². The van der Waals surface area contributed by atoms with Gasteiger partial charge >= 0.3 is 0 Å². The molecule has 3 N–H and O–H groups in total. The highest BCUT2D eigenvalue weighted by molar-refractivity contribution is 6.04. The van der Waals surface area contributed by atoms with E-state index in [9.17, 15) is 19.5 Å². The van der Waals surface area contributed by atoms with Crippen LogP contribution in [0.5, 0.6) is 0 Å². The van der Waals surface area contributed by atoms with Gasteiger partial charge in [-0.15, -0.1) is 0 Å². The fraction of sp³-hybridized carbons (Fsp3) is 0.519. The third-order valence-electron chi connectivity index (χ3n) is 7.93. The Morgan fingerprint density at radius 3 is 2.66 bits per heavy atom. The number of aliphatic hydroxyl groups excluding tert-OH is 1. The van der Waals surface area contributed by atoms with Gasteiger partial charge in [-0.1, -0.05) is 44.2 Å². The van der Waals surface area contributed by atoms with E-state index in [4.69, 9.17) is 4.74 Å². The minimum Gasteiger partial charge on any atom is -0.394 e. The van der Waals surface area contributed by atoms with E-state index in [2.05, 4.69) is 10.6 Å². The summed E-state index contributed by atoms with van der Waals surface area (Å²) in [6, 6.07) is 12.1. The summed E-state index contributed by atoms with van der Waals surface area (Å²) in [5.41, 5.74) is -0.442. The van der Waals surface area contributed by atoms with Gasteiger partial charge in [0.1, 0.15) is 11.6 Å². The summed E-state index contributed by atoms with van der Waals surface area (Å²) in [4.78, 5) is 42.3. The first-order valence-corrected chi connectivity index (χ1v) is 12.6. The van der Waals surface area contributed by atoms with Crippen molar-refractivity contribution in [3.05, 3.63) is 42.5 Å². The lowest BCUT2D eigenvalue weighted by atomic mass is 9.70. The first kappa shape index (κ1) is 23.8. The lowest BCUT2D eigenvalue weighted by molar-refractivity contribution is -0.144. The summed E-state index contributed by atoms with van der Waals surface area (Å²) < 4.78 is 6.41. The van der Waals surface area contributed by atoms with Crippen molar-refractivity contribution in [2.24, 2.45) is 11.8 Å². The van der Waals surface area contributed by atoms with Gasteiger partial charge < -0.3 is 25.4 Å². The number of fused-ring (bicyclic) bond motifs is 2. The van der Waals surface area contributed by atoms with Crippen LogP contribution in [-0.2, 0) is 19.1 Å². The fourth-order valence-electron chi connectivity index (χ4n) is 6.34. The van der Waals surface area contributed by atoms with Crippen LogP contribution in [0.2, 0.25) is 0 Å². The van der Waals surface area contributed by atoms with Crippen molar-refractivity contribution < 1.29 is 24.2 Å². The van der Waals surface area contributed by atoms with Crippen molar-refractivity contribution in [2.75, 3.05) is 18.5 Å². The van der Waals surface area contributed by atoms with Crippen LogP contribution in [0.1, 0.15) is 39.5 Å². The van der Waals surface area contributed by atoms with E-state index >= 15 is 0 Å². The Labute approximate surface area is 205 Å². The van der Waals surface area contributed by atoms with Gasteiger partial charge in [0.25, 0.3) is 0 Å². The van der Waals surface area contributed by atoms with Gasteiger partial charge in [-0.3, -0.25) is 14.4 Å². The van der Waals surface area contributed by atoms with Crippen LogP contribution in [0.15, 0.2) is 42.5 Å². The molecule has 0 aliphatic carbocycles. The van der Waals surface area contributed by atoms with Crippen molar-refractivity contribution in [1.82, 2.24) is 10.2 Å². The van der Waals surface area contributed by atoms with Crippen molar-refractivity contribution in [3.63, 3.8) is 0 Å². The van der Waals surface area contributed by atoms with Crippen LogP contribution >= 0.6 is 0 Å². The lowest BCUT2D eigenvalue weighted by Gasteiger charge is -2.36. The number of hydrogen-bond acceptors (Lipinski definition) is 5. The zero-order chi connectivity index (χ0) is 24.7. The molecular formula is C27H33N3O5. The number of ether oxygens (including phenoxy) is 1. The van der Waals surface area contributed by atoms with Crippen molar-refractivity contribution in [1.29, 1.82) is 0 Å². The highest BCUT2D eigenvalue weighted by Crippen LogP contribution is 2.59. The Hall–Kier alpha value is -2.97. The molecule has 0 radical (unpaired) electrons. The number of anilines is 1. The van der Waals surface area contributed by atoms with Gasteiger partial charge in [0.2, 0.25) is 17.7 Å². The maximum absolute atomic E-state index is 13.8. The number of aliphatic hydroxyl groups is 1. The molecule has 0 aromatic heterocycles. The summed E-state index contributed by atoms with van der Waals surface area (Å²) in [6.45, 7) is 4.12. The number of nitrogens with one attached hydrogen (secondary N) is 2. The number of carbonyl (C=O) groups is 3. The van der Waals surface area contributed by atoms with Crippen molar-refractivity contribution >= 4 is 34.2 Å². The van der Waals surface area contributed by atoms with Gasteiger partial charge in [-0.05, 0) is 48.6 Å². The van der Waals surface area contributed by atoms with E-state index < -0.39 is 29.5 Å². The topological polar surface area (TPSA) is 108 Å². The van der Waals surface area contributed by atoms with Gasteiger partial charge in [-0.25, -0.2) is 0 Å². The van der Waals surface area contributed by atoms with E-state index in [1.165, 1.54) is 4.90 Å². The minimum atomic E-state index is -1.07. The molecule has 6 atom stereocenters. The second kappa shape index (κ2) is 9.24. The number of carbonyl (C=O) groups excluding carboxylic acids is 3. The SMILES string of the molecule is CCCNC(=O)[C@@H]1[C@H]2C(=O)N([C@@H](CC)CO)C(C(=O)Nc3ccc4ccccc4c3)C23CC[C@H]1O3. The number of nitrogens with zero attached hydrogens (tertiary/aromatic N) is 1. The first-order chi connectivity index (χ1) is 16.9. The molecule has 1 spiro atoms. The van der Waals surface area contributed by atoms with E-state index in [1.807, 2.05) is 56.3 Å². The van der Waals surface area contributed by atoms with E-state index in [-0.39, 0.29) is 30.4 Å². The Morgan fingerprint density at radius 1 is 1.17 bits per heavy atom. The van der Waals surface area contributed by atoms with Crippen molar-refractivity contribution in [3.8, 4) is 0 Å². The Bertz CT molecular complexity index is 1150. The van der Waals surface area contributed by atoms with Crippen molar-refractivity contribution in [2.45, 2.75) is 63.3 Å². The molecule has 2 aromatic carbocycles. The summed E-state index contributed by atoms with van der Waals surface area (Å²) >= 11 is 0. The summed E-state index contributed by atoms with van der Waals surface area (Å²) in [5, 5.41) is 18.1. The minimum absolute atomic E-state index is 0.190. The molecule has 3 aliphatic heterocycles. The standard InChI is InChI=1S/C27H33N3O5/c1-3-13-28-24(32)21-20-11-12-27(35-20)22(21)26(34)30(19(4-2)15-31)23(27)25(33)29-18-10-9-16-7-5-6-8-17(16)14-18/h5-10,14,19-23,31H,3-4,11-13,15H2,1-2H3,(H,28,32)(H,29,33)/t19-,20+,21-,22-,23?,27?/m0/s1. The number of amides is 3. The quantitative estimate of drug-likeness (QED) is 0.539. The molecule has 8 nitrogen and oxygen atoms in total. The number of rotatable bonds is 8. The molecule has 0 saturated carbocycles. The Kier molecular flexibility index (Phi) is 6.27. The molecule has 2 unspecified atom stereocenters. The van der Waals surface area contributed by atoms with Crippen LogP contribution in [-0.4, -0.2) is 64.7 Å². The van der Waals surface area contributed by atoms with Gasteiger partial charge in [-0.2, -0.15) is 0 Å². The number of likely N-dealkylation sites (tertiary alicyclic amines) is 1. The highest BCUT2D eigenvalue weighted by atomic mass is 16.5. The average molecular weight is 480 g/mol. The van der Waals surface area contributed by atoms with E-state index in [0.29, 0.717) is 31.5 Å². The summed E-state index contributed by atoms with van der Waals surface area (Å²) in [5.74, 6) is -2.17. The molecule has 8 heteroatoms. The molecule has 5 rings (SSSR count). The van der Waals surface area contributed by atoms with Crippen LogP contribution in [0, 0.1) is 11.8 Å². The predicted octanol–water partition coefficient (Wildman–Crippen LogP) is 2.45. The maximum Gasteiger partial charge on any atom is 0.250 e. The number of hydrogen-bond donors (Lipinski definition) is 3. The molecular weight excluding hydrogens is 446 g/mol. The Morgan fingerprint density at radius 2 is 1.94 bits per heavy atom. The maximum atomic E-state index is 13.8. The third-order valence-corrected chi connectivity index (χ3v) is 7.93. The van der Waals surface area contributed by atoms with E-state index in [1.54, 1.807) is 0 Å². The first-order valence-electron chi connectivity index (χ1n) is 12.6. The normalized spacial score (nSPS) is 29.9. The molecule has 2 bridgehead atoms.